The molecule has 0 aromatic heterocycles. The quantitative estimate of drug-likeness (QED) is 0.590. The molecule has 0 bridgehead atoms. The van der Waals surface area contributed by atoms with Gasteiger partial charge in [0, 0.05) is 44.1 Å². The molecule has 4 unspecified atom stereocenters. The molecule has 4 atom stereocenters. The highest BCUT2D eigenvalue weighted by Crippen LogP contribution is 2.62. The number of ether oxygens (including phenoxy) is 1. The van der Waals surface area contributed by atoms with Gasteiger partial charge in [-0.25, -0.2) is 4.99 Å². The molecule has 6 heteroatoms. The summed E-state index contributed by atoms with van der Waals surface area (Å²) in [6.45, 7) is 1.06. The van der Waals surface area contributed by atoms with E-state index in [4.69, 9.17) is 9.73 Å². The molecule has 1 amide bonds. The second-order valence-electron chi connectivity index (χ2n) is 9.76. The molecule has 3 aliphatic carbocycles. The van der Waals surface area contributed by atoms with Crippen LogP contribution in [0.2, 0.25) is 0 Å². The van der Waals surface area contributed by atoms with Crippen LogP contribution in [-0.2, 0) is 22.4 Å². The Labute approximate surface area is 179 Å². The van der Waals surface area contributed by atoms with Crippen molar-refractivity contribution in [3.63, 3.8) is 0 Å². The van der Waals surface area contributed by atoms with Crippen LogP contribution in [-0.4, -0.2) is 62.2 Å². The number of benzene rings is 1. The molecule has 3 fully saturated rings. The molecule has 1 spiro atoms. The summed E-state index contributed by atoms with van der Waals surface area (Å²) >= 11 is 0. The number of aliphatic imine (C=N–C) groups is 1. The summed E-state index contributed by atoms with van der Waals surface area (Å²) in [6.07, 6.45) is 8.51. The minimum absolute atomic E-state index is 0.0270. The fraction of sp³-hybridized carbons (Fsp3) is 0.667. The lowest BCUT2D eigenvalue weighted by Crippen LogP contribution is -2.72. The van der Waals surface area contributed by atoms with Gasteiger partial charge < -0.3 is 20.3 Å². The third-order valence-corrected chi connectivity index (χ3v) is 7.89. The van der Waals surface area contributed by atoms with Gasteiger partial charge in [-0.1, -0.05) is 30.7 Å². The average Bonchev–Trinajstić information content (AvgIpc) is 3.13. The number of amides is 1. The van der Waals surface area contributed by atoms with E-state index in [2.05, 4.69) is 34.9 Å². The van der Waals surface area contributed by atoms with Crippen LogP contribution in [0.15, 0.2) is 29.3 Å². The number of nitrogens with zero attached hydrogens (tertiary/aromatic N) is 2. The van der Waals surface area contributed by atoms with Gasteiger partial charge in [0.25, 0.3) is 0 Å². The highest BCUT2D eigenvalue weighted by Gasteiger charge is 2.66. The highest BCUT2D eigenvalue weighted by atomic mass is 16.5. The predicted octanol–water partition coefficient (Wildman–Crippen LogP) is 2.12. The number of nitrogens with one attached hydrogen (secondary N) is 2. The summed E-state index contributed by atoms with van der Waals surface area (Å²) in [4.78, 5) is 18.5. The minimum Gasteiger partial charge on any atom is -0.377 e. The van der Waals surface area contributed by atoms with Crippen molar-refractivity contribution < 1.29 is 9.53 Å². The number of hydrogen-bond acceptors (Lipinski definition) is 3. The van der Waals surface area contributed by atoms with Crippen molar-refractivity contribution in [3.05, 3.63) is 35.4 Å². The number of carbonyl (C=O) groups excluding carboxylic acids is 1. The van der Waals surface area contributed by atoms with E-state index in [1.807, 2.05) is 0 Å². The van der Waals surface area contributed by atoms with E-state index in [1.54, 1.807) is 19.0 Å². The van der Waals surface area contributed by atoms with E-state index in [1.165, 1.54) is 30.4 Å². The van der Waals surface area contributed by atoms with Crippen LogP contribution in [0.5, 0.6) is 0 Å². The molecule has 5 rings (SSSR count). The first-order chi connectivity index (χ1) is 14.6. The second kappa shape index (κ2) is 7.88. The maximum absolute atomic E-state index is 12.2. The molecule has 1 heterocycles. The number of hydrogen-bond donors (Lipinski definition) is 2. The molecule has 30 heavy (non-hydrogen) atoms. The van der Waals surface area contributed by atoms with E-state index in [9.17, 15) is 4.79 Å². The van der Waals surface area contributed by atoms with Gasteiger partial charge in [-0.15, -0.1) is 0 Å². The molecule has 1 aliphatic heterocycles. The Morgan fingerprint density at radius 3 is 2.73 bits per heavy atom. The van der Waals surface area contributed by atoms with Crippen molar-refractivity contribution in [2.45, 2.75) is 63.1 Å². The van der Waals surface area contributed by atoms with Crippen molar-refractivity contribution >= 4 is 11.9 Å². The minimum atomic E-state index is 0.0270. The maximum atomic E-state index is 12.2. The predicted molar refractivity (Wildman–Crippen MR) is 117 cm³/mol. The number of guanidine groups is 1. The monoisotopic (exact) mass is 410 g/mol. The maximum Gasteiger partial charge on any atom is 0.243 e. The summed E-state index contributed by atoms with van der Waals surface area (Å²) in [5, 5.41) is 7.45. The first-order valence-electron chi connectivity index (χ1n) is 11.5. The van der Waals surface area contributed by atoms with Gasteiger partial charge in [-0.05, 0) is 49.7 Å². The van der Waals surface area contributed by atoms with Gasteiger partial charge in [0.2, 0.25) is 5.91 Å². The molecular formula is C24H34N4O2. The summed E-state index contributed by atoms with van der Waals surface area (Å²) in [5.74, 6) is 1.41. The molecule has 2 N–H and O–H groups in total. The van der Waals surface area contributed by atoms with E-state index in [0.717, 1.165) is 38.2 Å². The third kappa shape index (κ3) is 3.39. The summed E-state index contributed by atoms with van der Waals surface area (Å²) in [5.41, 5.74) is 3.17. The third-order valence-electron chi connectivity index (χ3n) is 7.89. The summed E-state index contributed by atoms with van der Waals surface area (Å²) in [6, 6.07) is 9.48. The molecule has 1 aromatic rings. The number of likely N-dealkylation sites (N-methyl/N-ethyl adjacent to an activating group) is 1. The first kappa shape index (κ1) is 19.9. The van der Waals surface area contributed by atoms with E-state index in [-0.39, 0.29) is 17.9 Å². The Hall–Kier alpha value is -2.08. The Morgan fingerprint density at radius 1 is 1.20 bits per heavy atom. The zero-order valence-electron chi connectivity index (χ0n) is 18.2. The van der Waals surface area contributed by atoms with Crippen molar-refractivity contribution in [2.75, 3.05) is 27.2 Å². The van der Waals surface area contributed by atoms with Crippen molar-refractivity contribution in [2.24, 2.45) is 16.3 Å². The van der Waals surface area contributed by atoms with Crippen LogP contribution in [0.4, 0.5) is 0 Å². The molecule has 1 saturated heterocycles. The topological polar surface area (TPSA) is 66.0 Å². The summed E-state index contributed by atoms with van der Waals surface area (Å²) in [7, 11) is 3.57. The van der Waals surface area contributed by atoms with Crippen LogP contribution in [0.3, 0.4) is 0 Å². The Kier molecular flexibility index (Phi) is 5.21. The molecule has 162 valence electrons. The zero-order valence-corrected chi connectivity index (χ0v) is 18.2. The zero-order chi connectivity index (χ0) is 20.7. The van der Waals surface area contributed by atoms with Crippen molar-refractivity contribution in [3.8, 4) is 0 Å². The molecule has 6 nitrogen and oxygen atoms in total. The largest absolute Gasteiger partial charge is 0.377 e. The van der Waals surface area contributed by atoms with Crippen LogP contribution >= 0.6 is 0 Å². The molecule has 4 aliphatic rings. The smallest absolute Gasteiger partial charge is 0.243 e. The van der Waals surface area contributed by atoms with Crippen LogP contribution in [0.25, 0.3) is 0 Å². The fourth-order valence-corrected chi connectivity index (χ4v) is 6.04. The number of fused-ring (bicyclic) bond motifs is 3. The number of carbonyl (C=O) groups is 1. The normalized spacial score (nSPS) is 31.2. The van der Waals surface area contributed by atoms with Crippen molar-refractivity contribution in [1.82, 2.24) is 15.5 Å². The van der Waals surface area contributed by atoms with Gasteiger partial charge in [0.1, 0.15) is 6.54 Å². The standard InChI is InChI=1S/C24H34N4O2/c1-28(2)20(29)15-25-23(26-18-9-8-16-6-3-4-7-17(16)14-18)27-21-19-10-13-30-22(19)24(21)11-5-12-24/h3-4,6-7,18-19,21-22H,5,8-15H2,1-2H3,(H2,25,26,27). The Balaban J connectivity index is 1.31. The van der Waals surface area contributed by atoms with Crippen LogP contribution < -0.4 is 10.6 Å². The lowest BCUT2D eigenvalue weighted by atomic mass is 9.46. The van der Waals surface area contributed by atoms with Gasteiger partial charge in [0.05, 0.1) is 6.10 Å². The fourth-order valence-electron chi connectivity index (χ4n) is 6.04. The van der Waals surface area contributed by atoms with Crippen molar-refractivity contribution in [1.29, 1.82) is 0 Å². The molecule has 1 aromatic carbocycles. The average molecular weight is 411 g/mol. The van der Waals surface area contributed by atoms with Gasteiger partial charge in [-0.2, -0.15) is 0 Å². The van der Waals surface area contributed by atoms with E-state index in [0.29, 0.717) is 24.1 Å². The van der Waals surface area contributed by atoms with E-state index < -0.39 is 0 Å². The highest BCUT2D eigenvalue weighted by molar-refractivity contribution is 5.85. The first-order valence-corrected chi connectivity index (χ1v) is 11.5. The van der Waals surface area contributed by atoms with Crippen LogP contribution in [0.1, 0.15) is 43.2 Å². The lowest BCUT2D eigenvalue weighted by Gasteiger charge is -2.63. The molecular weight excluding hydrogens is 376 g/mol. The molecule has 2 saturated carbocycles. The number of rotatable bonds is 4. The number of aryl methyl sites for hydroxylation is 1. The Morgan fingerprint density at radius 2 is 2.00 bits per heavy atom. The second-order valence-corrected chi connectivity index (χ2v) is 9.76. The van der Waals surface area contributed by atoms with Crippen LogP contribution in [0, 0.1) is 11.3 Å². The lowest BCUT2D eigenvalue weighted by molar-refractivity contribution is -0.171. The van der Waals surface area contributed by atoms with Gasteiger partial charge in [-0.3, -0.25) is 4.79 Å². The van der Waals surface area contributed by atoms with Gasteiger partial charge in [0.15, 0.2) is 5.96 Å². The summed E-state index contributed by atoms with van der Waals surface area (Å²) < 4.78 is 6.08. The Bertz CT molecular complexity index is 832. The molecule has 0 radical (unpaired) electrons. The SMILES string of the molecule is CN(C)C(=O)CN=C(NC1CCc2ccccc2C1)NC1C2CCOC2C12CCC2. The van der Waals surface area contributed by atoms with E-state index >= 15 is 0 Å². The van der Waals surface area contributed by atoms with Gasteiger partial charge >= 0.3 is 0 Å².